The van der Waals surface area contributed by atoms with E-state index in [0.717, 1.165) is 5.69 Å². The molecule has 0 saturated carbocycles. The van der Waals surface area contributed by atoms with E-state index in [4.69, 9.17) is 5.11 Å². The number of nitrogens with one attached hydrogen (secondary N) is 1. The lowest BCUT2D eigenvalue weighted by Crippen LogP contribution is -2.28. The van der Waals surface area contributed by atoms with E-state index in [-0.39, 0.29) is 30.7 Å². The molecule has 0 saturated heterocycles. The summed E-state index contributed by atoms with van der Waals surface area (Å²) in [7, 11) is 0. The third kappa shape index (κ3) is 4.95. The number of hydrogen-bond acceptors (Lipinski definition) is 3. The highest BCUT2D eigenvalue weighted by molar-refractivity contribution is 5.77. The lowest BCUT2D eigenvalue weighted by atomic mass is 10.0. The van der Waals surface area contributed by atoms with Crippen molar-refractivity contribution >= 4 is 11.9 Å². The molecule has 0 aliphatic rings. The molecular formula is C13H18N2O3. The second-order valence-electron chi connectivity index (χ2n) is 4.45. The summed E-state index contributed by atoms with van der Waals surface area (Å²) >= 11 is 0. The van der Waals surface area contributed by atoms with Gasteiger partial charge in [-0.15, -0.1) is 0 Å². The molecule has 1 rings (SSSR count). The van der Waals surface area contributed by atoms with Crippen LogP contribution in [-0.4, -0.2) is 22.0 Å². The lowest BCUT2D eigenvalue weighted by Gasteiger charge is -2.15. The zero-order valence-corrected chi connectivity index (χ0v) is 10.6. The zero-order chi connectivity index (χ0) is 13.5. The smallest absolute Gasteiger partial charge is 0.303 e. The molecule has 2 atom stereocenters. The molecule has 5 nitrogen and oxygen atoms in total. The van der Waals surface area contributed by atoms with E-state index in [0.29, 0.717) is 0 Å². The summed E-state index contributed by atoms with van der Waals surface area (Å²) in [6.45, 7) is 3.60. The molecule has 0 aliphatic heterocycles. The minimum absolute atomic E-state index is 0.00535. The first-order chi connectivity index (χ1) is 8.49. The van der Waals surface area contributed by atoms with E-state index >= 15 is 0 Å². The summed E-state index contributed by atoms with van der Waals surface area (Å²) < 4.78 is 0. The van der Waals surface area contributed by atoms with Crippen molar-refractivity contribution in [1.82, 2.24) is 10.3 Å². The number of carbonyl (C=O) groups excluding carboxylic acids is 1. The van der Waals surface area contributed by atoms with Gasteiger partial charge in [-0.3, -0.25) is 14.6 Å². The van der Waals surface area contributed by atoms with Crippen LogP contribution in [0, 0.1) is 5.92 Å². The van der Waals surface area contributed by atoms with E-state index < -0.39 is 5.97 Å². The summed E-state index contributed by atoms with van der Waals surface area (Å²) in [5.74, 6) is -1.20. The summed E-state index contributed by atoms with van der Waals surface area (Å²) in [6.07, 6.45) is 1.89. The molecule has 0 fully saturated rings. The maximum absolute atomic E-state index is 11.7. The molecule has 1 aromatic rings. The molecule has 98 valence electrons. The number of aliphatic carboxylic acids is 1. The number of hydrogen-bond donors (Lipinski definition) is 2. The zero-order valence-electron chi connectivity index (χ0n) is 10.6. The first-order valence-corrected chi connectivity index (χ1v) is 5.91. The number of amides is 1. The number of rotatable bonds is 6. The predicted octanol–water partition coefficient (Wildman–Crippen LogP) is 1.76. The fourth-order valence-corrected chi connectivity index (χ4v) is 1.69. The van der Waals surface area contributed by atoms with E-state index in [1.807, 2.05) is 25.1 Å². The van der Waals surface area contributed by atoms with Gasteiger partial charge < -0.3 is 10.4 Å². The average Bonchev–Trinajstić information content (AvgIpc) is 2.28. The fraction of sp³-hybridized carbons (Fsp3) is 0.462. The summed E-state index contributed by atoms with van der Waals surface area (Å²) in [6, 6.07) is 5.34. The Labute approximate surface area is 106 Å². The van der Waals surface area contributed by atoms with Crippen LogP contribution in [0.4, 0.5) is 0 Å². The van der Waals surface area contributed by atoms with Crippen molar-refractivity contribution in [2.45, 2.75) is 32.7 Å². The van der Waals surface area contributed by atoms with Crippen molar-refractivity contribution in [3.63, 3.8) is 0 Å². The van der Waals surface area contributed by atoms with Crippen LogP contribution < -0.4 is 5.32 Å². The van der Waals surface area contributed by atoms with Crippen LogP contribution in [0.5, 0.6) is 0 Å². The highest BCUT2D eigenvalue weighted by Crippen LogP contribution is 2.11. The van der Waals surface area contributed by atoms with E-state index in [1.54, 1.807) is 13.1 Å². The summed E-state index contributed by atoms with van der Waals surface area (Å²) in [5, 5.41) is 11.4. The van der Waals surface area contributed by atoms with Gasteiger partial charge in [-0.1, -0.05) is 13.0 Å². The van der Waals surface area contributed by atoms with E-state index in [9.17, 15) is 9.59 Å². The summed E-state index contributed by atoms with van der Waals surface area (Å²) in [5.41, 5.74) is 0.789. The monoisotopic (exact) mass is 250 g/mol. The standard InChI is InChI=1S/C13H18N2O3/c1-9(8-13(17)18)7-12(16)15-10(2)11-5-3-4-6-14-11/h3-6,9-10H,7-8H2,1-2H3,(H,15,16)(H,17,18). The van der Waals surface area contributed by atoms with E-state index in [2.05, 4.69) is 10.3 Å². The second-order valence-corrected chi connectivity index (χ2v) is 4.45. The van der Waals surface area contributed by atoms with Crippen LogP contribution in [0.25, 0.3) is 0 Å². The lowest BCUT2D eigenvalue weighted by molar-refractivity contribution is -0.138. The van der Waals surface area contributed by atoms with Gasteiger partial charge in [-0.2, -0.15) is 0 Å². The molecule has 1 heterocycles. The molecule has 18 heavy (non-hydrogen) atoms. The normalized spacial score (nSPS) is 13.7. The Morgan fingerprint density at radius 2 is 2.06 bits per heavy atom. The molecule has 0 spiro atoms. The number of carboxylic acid groups (broad SMARTS) is 1. The van der Waals surface area contributed by atoms with Gasteiger partial charge >= 0.3 is 5.97 Å². The van der Waals surface area contributed by atoms with Gasteiger partial charge in [0.15, 0.2) is 0 Å². The van der Waals surface area contributed by atoms with Crippen LogP contribution in [-0.2, 0) is 9.59 Å². The Bertz CT molecular complexity index is 406. The van der Waals surface area contributed by atoms with Crippen molar-refractivity contribution in [1.29, 1.82) is 0 Å². The Balaban J connectivity index is 2.43. The highest BCUT2D eigenvalue weighted by atomic mass is 16.4. The number of carbonyl (C=O) groups is 2. The van der Waals surface area contributed by atoms with Crippen molar-refractivity contribution in [3.05, 3.63) is 30.1 Å². The average molecular weight is 250 g/mol. The van der Waals surface area contributed by atoms with Gasteiger partial charge in [-0.05, 0) is 25.0 Å². The van der Waals surface area contributed by atoms with Gasteiger partial charge in [0.2, 0.25) is 5.91 Å². The molecule has 0 aliphatic carbocycles. The predicted molar refractivity (Wildman–Crippen MR) is 66.8 cm³/mol. The topological polar surface area (TPSA) is 79.3 Å². The Hall–Kier alpha value is -1.91. The second kappa shape index (κ2) is 6.74. The minimum Gasteiger partial charge on any atom is -0.481 e. The molecule has 1 aromatic heterocycles. The quantitative estimate of drug-likeness (QED) is 0.806. The molecule has 2 unspecified atom stereocenters. The van der Waals surface area contributed by atoms with Crippen molar-refractivity contribution in [2.75, 3.05) is 0 Å². The van der Waals surface area contributed by atoms with Gasteiger partial charge in [0, 0.05) is 19.0 Å². The molecule has 0 radical (unpaired) electrons. The molecule has 5 heteroatoms. The maximum atomic E-state index is 11.7. The first-order valence-electron chi connectivity index (χ1n) is 5.91. The van der Waals surface area contributed by atoms with Crippen LogP contribution in [0.1, 0.15) is 38.4 Å². The number of pyridine rings is 1. The molecule has 1 amide bonds. The molecule has 0 bridgehead atoms. The van der Waals surface area contributed by atoms with Crippen molar-refractivity contribution in [2.24, 2.45) is 5.92 Å². The van der Waals surface area contributed by atoms with Gasteiger partial charge in [0.1, 0.15) is 0 Å². The Kier molecular flexibility index (Phi) is 5.30. The molecular weight excluding hydrogens is 232 g/mol. The van der Waals surface area contributed by atoms with Gasteiger partial charge in [0.25, 0.3) is 0 Å². The van der Waals surface area contributed by atoms with Crippen molar-refractivity contribution in [3.8, 4) is 0 Å². The minimum atomic E-state index is -0.881. The Morgan fingerprint density at radius 3 is 2.61 bits per heavy atom. The van der Waals surface area contributed by atoms with Gasteiger partial charge in [-0.25, -0.2) is 0 Å². The third-order valence-electron chi connectivity index (χ3n) is 2.57. The number of carboxylic acids is 1. The van der Waals surface area contributed by atoms with Gasteiger partial charge in [0.05, 0.1) is 11.7 Å². The number of aromatic nitrogens is 1. The van der Waals surface area contributed by atoms with Crippen LogP contribution >= 0.6 is 0 Å². The van der Waals surface area contributed by atoms with Crippen LogP contribution in [0.3, 0.4) is 0 Å². The van der Waals surface area contributed by atoms with Crippen molar-refractivity contribution < 1.29 is 14.7 Å². The van der Waals surface area contributed by atoms with E-state index in [1.165, 1.54) is 0 Å². The Morgan fingerprint density at radius 1 is 1.33 bits per heavy atom. The first kappa shape index (κ1) is 14.2. The maximum Gasteiger partial charge on any atom is 0.303 e. The highest BCUT2D eigenvalue weighted by Gasteiger charge is 2.15. The molecule has 2 N–H and O–H groups in total. The number of nitrogens with zero attached hydrogens (tertiary/aromatic N) is 1. The third-order valence-corrected chi connectivity index (χ3v) is 2.57. The largest absolute Gasteiger partial charge is 0.481 e. The fourth-order valence-electron chi connectivity index (χ4n) is 1.69. The summed E-state index contributed by atoms with van der Waals surface area (Å²) in [4.78, 5) is 26.3. The SMILES string of the molecule is CC(CC(=O)O)CC(=O)NC(C)c1ccccn1. The van der Waals surface area contributed by atoms with Crippen LogP contribution in [0.15, 0.2) is 24.4 Å². The van der Waals surface area contributed by atoms with Crippen LogP contribution in [0.2, 0.25) is 0 Å². The molecule has 0 aromatic carbocycles.